The molecule has 1 nitrogen and oxygen atoms in total. The van der Waals surface area contributed by atoms with Gasteiger partial charge >= 0.3 is 0 Å². The second-order valence-electron chi connectivity index (χ2n) is 3.85. The first-order chi connectivity index (χ1) is 8.95. The summed E-state index contributed by atoms with van der Waals surface area (Å²) >= 11 is 24.1. The number of hydrogen-bond acceptors (Lipinski definition) is 1. The van der Waals surface area contributed by atoms with Gasteiger partial charge in [0.25, 0.3) is 0 Å². The van der Waals surface area contributed by atoms with Crippen molar-refractivity contribution in [3.63, 3.8) is 0 Å². The van der Waals surface area contributed by atoms with E-state index < -0.39 is 5.82 Å². The summed E-state index contributed by atoms with van der Waals surface area (Å²) in [6.07, 6.45) is 0. The van der Waals surface area contributed by atoms with Crippen LogP contribution in [0.4, 0.5) is 4.39 Å². The lowest BCUT2D eigenvalue weighted by Crippen LogP contribution is -1.99. The van der Waals surface area contributed by atoms with Crippen LogP contribution < -0.4 is 5.73 Å². The minimum Gasteiger partial charge on any atom is -0.326 e. The normalized spacial score (nSPS) is 10.8. The number of benzene rings is 2. The molecular weight excluding hydrogens is 331 g/mol. The Morgan fingerprint density at radius 2 is 1.53 bits per heavy atom. The van der Waals surface area contributed by atoms with Crippen molar-refractivity contribution in [2.24, 2.45) is 5.73 Å². The summed E-state index contributed by atoms with van der Waals surface area (Å²) in [6, 6.07) is 6.00. The van der Waals surface area contributed by atoms with Crippen molar-refractivity contribution in [1.29, 1.82) is 0 Å². The van der Waals surface area contributed by atoms with Crippen LogP contribution in [0.15, 0.2) is 24.3 Å². The lowest BCUT2D eigenvalue weighted by atomic mass is 10.0. The third-order valence-corrected chi connectivity index (χ3v) is 4.25. The molecule has 0 aliphatic heterocycles. The summed E-state index contributed by atoms with van der Waals surface area (Å²) in [5, 5.41) is 0.982. The highest BCUT2D eigenvalue weighted by atomic mass is 35.5. The largest absolute Gasteiger partial charge is 0.326 e. The highest BCUT2D eigenvalue weighted by Crippen LogP contribution is 2.43. The molecule has 0 saturated heterocycles. The number of hydrogen-bond donors (Lipinski definition) is 1. The average molecular weight is 339 g/mol. The molecule has 0 aromatic heterocycles. The third kappa shape index (κ3) is 2.83. The zero-order valence-corrected chi connectivity index (χ0v) is 12.5. The van der Waals surface area contributed by atoms with Crippen molar-refractivity contribution in [1.82, 2.24) is 0 Å². The Morgan fingerprint density at radius 1 is 0.947 bits per heavy atom. The molecule has 0 spiro atoms. The zero-order chi connectivity index (χ0) is 14.2. The van der Waals surface area contributed by atoms with Gasteiger partial charge in [-0.25, -0.2) is 4.39 Å². The van der Waals surface area contributed by atoms with E-state index in [9.17, 15) is 4.39 Å². The van der Waals surface area contributed by atoms with Gasteiger partial charge < -0.3 is 5.73 Å². The van der Waals surface area contributed by atoms with Gasteiger partial charge in [0.1, 0.15) is 5.82 Å². The first-order valence-electron chi connectivity index (χ1n) is 5.27. The molecular formula is C13H8Cl4FN. The summed E-state index contributed by atoms with van der Waals surface area (Å²) in [5.41, 5.74) is 6.72. The monoisotopic (exact) mass is 337 g/mol. The van der Waals surface area contributed by atoms with E-state index in [1.165, 1.54) is 12.1 Å². The van der Waals surface area contributed by atoms with Crippen LogP contribution >= 0.6 is 46.4 Å². The van der Waals surface area contributed by atoms with Gasteiger partial charge in [-0.15, -0.1) is 0 Å². The average Bonchev–Trinajstić information content (AvgIpc) is 2.37. The maximum absolute atomic E-state index is 13.8. The molecule has 0 heterocycles. The molecule has 0 amide bonds. The molecule has 2 rings (SSSR count). The molecule has 0 aliphatic carbocycles. The van der Waals surface area contributed by atoms with Crippen molar-refractivity contribution in [2.75, 3.05) is 0 Å². The minimum absolute atomic E-state index is 0.115. The third-order valence-electron chi connectivity index (χ3n) is 2.67. The fourth-order valence-corrected chi connectivity index (χ4v) is 2.72. The molecule has 0 bridgehead atoms. The van der Waals surface area contributed by atoms with Crippen molar-refractivity contribution in [2.45, 2.75) is 6.54 Å². The Kier molecular flexibility index (Phi) is 4.59. The van der Waals surface area contributed by atoms with Crippen molar-refractivity contribution in [3.05, 3.63) is 55.7 Å². The SMILES string of the molecule is NCc1ccc(-c2c(Cl)c(Cl)cc(Cl)c2Cl)cc1F. The van der Waals surface area contributed by atoms with Crippen LogP contribution in [-0.4, -0.2) is 0 Å². The summed E-state index contributed by atoms with van der Waals surface area (Å²) in [6.45, 7) is 0.115. The highest BCUT2D eigenvalue weighted by Gasteiger charge is 2.16. The van der Waals surface area contributed by atoms with E-state index in [-0.39, 0.29) is 26.6 Å². The van der Waals surface area contributed by atoms with Gasteiger partial charge in [0.05, 0.1) is 20.1 Å². The maximum atomic E-state index is 13.8. The molecule has 0 radical (unpaired) electrons. The number of nitrogens with two attached hydrogens (primary N) is 1. The van der Waals surface area contributed by atoms with Gasteiger partial charge in [-0.1, -0.05) is 58.5 Å². The number of rotatable bonds is 2. The topological polar surface area (TPSA) is 26.0 Å². The Balaban J connectivity index is 2.68. The van der Waals surface area contributed by atoms with E-state index in [2.05, 4.69) is 0 Å². The van der Waals surface area contributed by atoms with E-state index in [4.69, 9.17) is 52.1 Å². The van der Waals surface area contributed by atoms with Gasteiger partial charge in [0, 0.05) is 17.7 Å². The standard InChI is InChI=1S/C13H8Cl4FN/c14-8-4-9(15)13(17)11(12(8)16)6-1-2-7(5-19)10(18)3-6/h1-4H,5,19H2. The van der Waals surface area contributed by atoms with Crippen LogP contribution in [-0.2, 0) is 6.54 Å². The van der Waals surface area contributed by atoms with E-state index in [0.29, 0.717) is 16.7 Å². The predicted octanol–water partition coefficient (Wildman–Crippen LogP) is 5.57. The first-order valence-corrected chi connectivity index (χ1v) is 6.78. The van der Waals surface area contributed by atoms with E-state index in [0.717, 1.165) is 0 Å². The summed E-state index contributed by atoms with van der Waals surface area (Å²) < 4.78 is 13.8. The van der Waals surface area contributed by atoms with Gasteiger partial charge in [0.15, 0.2) is 0 Å². The lowest BCUT2D eigenvalue weighted by molar-refractivity contribution is 0.611. The molecule has 2 N–H and O–H groups in total. The lowest BCUT2D eigenvalue weighted by Gasteiger charge is -2.11. The molecule has 0 saturated carbocycles. The van der Waals surface area contributed by atoms with Crippen LogP contribution in [0.2, 0.25) is 20.1 Å². The first kappa shape index (κ1) is 14.9. The van der Waals surface area contributed by atoms with Gasteiger partial charge in [0.2, 0.25) is 0 Å². The summed E-state index contributed by atoms with van der Waals surface area (Å²) in [7, 11) is 0. The predicted molar refractivity (Wildman–Crippen MR) is 79.8 cm³/mol. The Labute approximate surface area is 130 Å². The van der Waals surface area contributed by atoms with Crippen LogP contribution in [0.5, 0.6) is 0 Å². The highest BCUT2D eigenvalue weighted by molar-refractivity contribution is 6.50. The molecule has 6 heteroatoms. The van der Waals surface area contributed by atoms with Crippen molar-refractivity contribution < 1.29 is 4.39 Å². The van der Waals surface area contributed by atoms with E-state index in [1.54, 1.807) is 12.1 Å². The van der Waals surface area contributed by atoms with Gasteiger partial charge in [-0.3, -0.25) is 0 Å². The fourth-order valence-electron chi connectivity index (χ4n) is 1.69. The smallest absolute Gasteiger partial charge is 0.128 e. The minimum atomic E-state index is -0.428. The molecule has 0 fully saturated rings. The Bertz CT molecular complexity index is 617. The Hall–Kier alpha value is -0.510. The molecule has 0 atom stereocenters. The van der Waals surface area contributed by atoms with E-state index in [1.807, 2.05) is 0 Å². The Morgan fingerprint density at radius 3 is 2.00 bits per heavy atom. The summed E-state index contributed by atoms with van der Waals surface area (Å²) in [4.78, 5) is 0. The van der Waals surface area contributed by atoms with Crippen LogP contribution in [0, 0.1) is 5.82 Å². The van der Waals surface area contributed by atoms with Crippen molar-refractivity contribution >= 4 is 46.4 Å². The van der Waals surface area contributed by atoms with Crippen molar-refractivity contribution in [3.8, 4) is 11.1 Å². The summed E-state index contributed by atoms with van der Waals surface area (Å²) in [5.74, 6) is -0.428. The molecule has 100 valence electrons. The fraction of sp³-hybridized carbons (Fsp3) is 0.0769. The zero-order valence-electron chi connectivity index (χ0n) is 9.48. The molecule has 0 aliphatic rings. The molecule has 19 heavy (non-hydrogen) atoms. The molecule has 2 aromatic rings. The van der Waals surface area contributed by atoms with Gasteiger partial charge in [-0.2, -0.15) is 0 Å². The van der Waals surface area contributed by atoms with Gasteiger partial charge in [-0.05, 0) is 17.7 Å². The molecule has 0 unspecified atom stereocenters. The second kappa shape index (κ2) is 5.86. The van der Waals surface area contributed by atoms with E-state index >= 15 is 0 Å². The second-order valence-corrected chi connectivity index (χ2v) is 5.42. The van der Waals surface area contributed by atoms with Crippen LogP contribution in [0.3, 0.4) is 0 Å². The molecule has 2 aromatic carbocycles. The quantitative estimate of drug-likeness (QED) is 0.712. The van der Waals surface area contributed by atoms with Crippen LogP contribution in [0.1, 0.15) is 5.56 Å². The maximum Gasteiger partial charge on any atom is 0.128 e. The van der Waals surface area contributed by atoms with Crippen LogP contribution in [0.25, 0.3) is 11.1 Å². The number of halogens is 5.